The fraction of sp³-hybridized carbons (Fsp3) is 0.500. The highest BCUT2D eigenvalue weighted by molar-refractivity contribution is 6.00. The van der Waals surface area contributed by atoms with Crippen LogP contribution in [0.15, 0.2) is 48.5 Å². The second-order valence-electron chi connectivity index (χ2n) is 13.7. The minimum Gasteiger partial charge on any atom is -0.377 e. The van der Waals surface area contributed by atoms with E-state index >= 15 is 0 Å². The monoisotopic (exact) mass is 711 g/mol. The summed E-state index contributed by atoms with van der Waals surface area (Å²) in [5, 5.41) is 5.50. The average molecular weight is 712 g/mol. The smallest absolute Gasteiger partial charge is 0.323 e. The molecule has 3 amide bonds. The molecule has 17 heteroatoms. The van der Waals surface area contributed by atoms with Gasteiger partial charge >= 0.3 is 6.03 Å². The van der Waals surface area contributed by atoms with Crippen LogP contribution in [0.25, 0.3) is 11.4 Å². The van der Waals surface area contributed by atoms with E-state index in [-0.39, 0.29) is 50.1 Å². The van der Waals surface area contributed by atoms with Gasteiger partial charge in [0.1, 0.15) is 12.1 Å². The molecule has 5 fully saturated rings. The molecule has 4 unspecified atom stereocenters. The lowest BCUT2D eigenvalue weighted by molar-refractivity contribution is -0.0248. The van der Waals surface area contributed by atoms with Gasteiger partial charge in [-0.2, -0.15) is 15.0 Å². The van der Waals surface area contributed by atoms with Gasteiger partial charge in [0.15, 0.2) is 5.82 Å². The van der Waals surface area contributed by atoms with Crippen molar-refractivity contribution in [3.05, 3.63) is 54.1 Å². The second-order valence-corrected chi connectivity index (χ2v) is 13.7. The van der Waals surface area contributed by atoms with E-state index < -0.39 is 54.9 Å². The van der Waals surface area contributed by atoms with Gasteiger partial charge in [-0.05, 0) is 55.6 Å². The number of benzene rings is 2. The van der Waals surface area contributed by atoms with Crippen molar-refractivity contribution in [3.8, 4) is 11.4 Å². The molecule has 2 aromatic carbocycles. The number of alkyl halides is 4. The van der Waals surface area contributed by atoms with E-state index in [0.29, 0.717) is 35.6 Å². The molecule has 3 aromatic rings. The van der Waals surface area contributed by atoms with Crippen LogP contribution >= 0.6 is 0 Å². The summed E-state index contributed by atoms with van der Waals surface area (Å²) in [7, 11) is 2.02. The van der Waals surface area contributed by atoms with Gasteiger partial charge in [-0.3, -0.25) is 4.79 Å². The van der Waals surface area contributed by atoms with Crippen molar-refractivity contribution in [1.82, 2.24) is 24.8 Å². The number of fused-ring (bicyclic) bond motifs is 4. The van der Waals surface area contributed by atoms with Crippen LogP contribution in [0.1, 0.15) is 23.2 Å². The number of ether oxygens (including phenoxy) is 2. The quantitative estimate of drug-likeness (QED) is 0.365. The van der Waals surface area contributed by atoms with E-state index in [1.807, 2.05) is 11.9 Å². The predicted octanol–water partition coefficient (Wildman–Crippen LogP) is 3.80. The van der Waals surface area contributed by atoms with Crippen LogP contribution in [-0.4, -0.2) is 132 Å². The zero-order valence-corrected chi connectivity index (χ0v) is 27.8. The van der Waals surface area contributed by atoms with E-state index in [1.54, 1.807) is 48.5 Å². The minimum absolute atomic E-state index is 0.0301. The third-order valence-corrected chi connectivity index (χ3v) is 10.3. The summed E-state index contributed by atoms with van der Waals surface area (Å²) < 4.78 is 70.8. The molecule has 1 aromatic heterocycles. The van der Waals surface area contributed by atoms with Crippen molar-refractivity contribution in [3.63, 3.8) is 0 Å². The zero-order valence-electron chi connectivity index (χ0n) is 27.8. The Kier molecular flexibility index (Phi) is 8.46. The largest absolute Gasteiger partial charge is 0.377 e. The third-order valence-electron chi connectivity index (χ3n) is 10.3. The Balaban J connectivity index is 1.000. The number of aromatic nitrogens is 3. The number of nitrogens with one attached hydrogen (secondary N) is 2. The fourth-order valence-electron chi connectivity index (χ4n) is 7.53. The lowest BCUT2D eigenvalue weighted by Crippen LogP contribution is -2.52. The van der Waals surface area contributed by atoms with Crippen LogP contribution in [0.2, 0.25) is 0 Å². The Bertz CT molecular complexity index is 1730. The number of rotatable bonds is 6. The fourth-order valence-corrected chi connectivity index (χ4v) is 7.53. The molecule has 0 spiro atoms. The minimum atomic E-state index is -3.04. The first-order valence-corrected chi connectivity index (χ1v) is 17.0. The number of morpholine rings is 2. The van der Waals surface area contributed by atoms with Gasteiger partial charge in [0.05, 0.1) is 38.5 Å². The summed E-state index contributed by atoms with van der Waals surface area (Å²) in [6.07, 6.45) is -0.869. The predicted molar refractivity (Wildman–Crippen MR) is 179 cm³/mol. The number of hydrogen-bond acceptors (Lipinski definition) is 10. The molecule has 8 rings (SSSR count). The maximum atomic E-state index is 15.0. The molecular formula is C34H37F4N9O4. The molecule has 51 heavy (non-hydrogen) atoms. The Morgan fingerprint density at radius 2 is 1.20 bits per heavy atom. The number of anilines is 4. The van der Waals surface area contributed by atoms with Gasteiger partial charge < -0.3 is 39.7 Å². The van der Waals surface area contributed by atoms with Crippen LogP contribution in [0.3, 0.4) is 0 Å². The SMILES string of the molecule is CN1CCN(C(=O)c2ccc(NC(=O)Nc3ccc(-c4nc(N5C6COCC5C(F)(F)C6)nc(N5C6COCC5C(F)(F)C6)n4)cc3)cc2)CC1. The van der Waals surface area contributed by atoms with Crippen LogP contribution in [0.4, 0.5) is 45.6 Å². The van der Waals surface area contributed by atoms with Crippen molar-refractivity contribution in [2.75, 3.05) is 80.1 Å². The van der Waals surface area contributed by atoms with Crippen molar-refractivity contribution in [1.29, 1.82) is 0 Å². The molecule has 0 radical (unpaired) electrons. The Labute approximate surface area is 290 Å². The lowest BCUT2D eigenvalue weighted by Gasteiger charge is -2.37. The molecule has 2 N–H and O–H groups in total. The summed E-state index contributed by atoms with van der Waals surface area (Å²) in [5.74, 6) is -6.09. The van der Waals surface area contributed by atoms with Gasteiger partial charge in [-0.1, -0.05) is 0 Å². The molecule has 6 heterocycles. The Morgan fingerprint density at radius 1 is 0.706 bits per heavy atom. The molecule has 5 saturated heterocycles. The highest BCUT2D eigenvalue weighted by atomic mass is 19.3. The molecule has 0 aliphatic carbocycles. The van der Waals surface area contributed by atoms with Crippen LogP contribution in [0.5, 0.6) is 0 Å². The molecular weight excluding hydrogens is 674 g/mol. The maximum absolute atomic E-state index is 15.0. The number of carbonyl (C=O) groups is 2. The summed E-state index contributed by atoms with van der Waals surface area (Å²) in [4.78, 5) is 46.2. The molecule has 4 atom stereocenters. The van der Waals surface area contributed by atoms with E-state index in [0.717, 1.165) is 13.1 Å². The number of carbonyl (C=O) groups excluding carboxylic acids is 2. The van der Waals surface area contributed by atoms with Crippen molar-refractivity contribution < 1.29 is 36.6 Å². The van der Waals surface area contributed by atoms with Gasteiger partial charge in [0, 0.05) is 61.5 Å². The van der Waals surface area contributed by atoms with E-state index in [9.17, 15) is 27.2 Å². The van der Waals surface area contributed by atoms with Crippen molar-refractivity contribution in [2.24, 2.45) is 0 Å². The van der Waals surface area contributed by atoms with Crippen molar-refractivity contribution >= 4 is 35.2 Å². The molecule has 13 nitrogen and oxygen atoms in total. The third kappa shape index (κ3) is 6.42. The highest BCUT2D eigenvalue weighted by Gasteiger charge is 2.59. The number of halogens is 4. The summed E-state index contributed by atoms with van der Waals surface area (Å²) in [5.41, 5.74) is 1.93. The van der Waals surface area contributed by atoms with E-state index in [2.05, 4.69) is 30.5 Å². The zero-order chi connectivity index (χ0) is 35.5. The van der Waals surface area contributed by atoms with Crippen LogP contribution in [-0.2, 0) is 9.47 Å². The lowest BCUT2D eigenvalue weighted by atomic mass is 10.1. The number of urea groups is 1. The highest BCUT2D eigenvalue weighted by Crippen LogP contribution is 2.45. The standard InChI is InChI=1S/C34H37F4N9O4/c1-44-10-12-45(13-11-44)29(48)21-4-8-23(9-5-21)40-32(49)39-22-6-2-20(3-7-22)28-41-30(46-24-14-33(35,36)26(46)18-50-16-24)43-31(42-28)47-25-15-34(37,38)27(47)19-51-17-25/h2-9,24-27H,10-19H2,1H3,(H2,39,40,49). The number of amides is 3. The first kappa shape index (κ1) is 33.5. The number of hydrogen-bond donors (Lipinski definition) is 2. The topological polar surface area (TPSA) is 128 Å². The molecule has 0 saturated carbocycles. The van der Waals surface area contributed by atoms with Gasteiger partial charge in [-0.15, -0.1) is 0 Å². The Morgan fingerprint density at radius 3 is 1.69 bits per heavy atom. The molecule has 5 aliphatic rings. The first-order chi connectivity index (χ1) is 24.4. The van der Waals surface area contributed by atoms with E-state index in [4.69, 9.17) is 9.47 Å². The van der Waals surface area contributed by atoms with Crippen molar-refractivity contribution in [2.45, 2.75) is 48.9 Å². The van der Waals surface area contributed by atoms with E-state index in [1.165, 1.54) is 9.80 Å². The summed E-state index contributed by atoms with van der Waals surface area (Å²) in [6, 6.07) is 8.69. The first-order valence-electron chi connectivity index (χ1n) is 17.0. The number of piperazine rings is 1. The number of likely N-dealkylation sites (N-methyl/N-ethyl adjacent to an activating group) is 1. The second kappa shape index (κ2) is 12.9. The van der Waals surface area contributed by atoms with Crippen LogP contribution < -0.4 is 20.4 Å². The molecule has 5 aliphatic heterocycles. The van der Waals surface area contributed by atoms with Gasteiger partial charge in [0.25, 0.3) is 17.8 Å². The maximum Gasteiger partial charge on any atom is 0.323 e. The van der Waals surface area contributed by atoms with Crippen LogP contribution in [0, 0.1) is 0 Å². The summed E-state index contributed by atoms with van der Waals surface area (Å²) >= 11 is 0. The normalized spacial score (nSPS) is 26.6. The van der Waals surface area contributed by atoms with Gasteiger partial charge in [-0.25, -0.2) is 22.4 Å². The number of nitrogens with zero attached hydrogens (tertiary/aromatic N) is 7. The van der Waals surface area contributed by atoms with Gasteiger partial charge in [0.2, 0.25) is 11.9 Å². The average Bonchev–Trinajstić information content (AvgIpc) is 3.37. The Hall–Kier alpha value is -4.61. The molecule has 270 valence electrons. The molecule has 4 bridgehead atoms. The summed E-state index contributed by atoms with van der Waals surface area (Å²) in [6.45, 7) is 2.63.